The number of pyridine rings is 1. The van der Waals surface area contributed by atoms with E-state index in [1.165, 1.54) is 12.3 Å². The highest BCUT2D eigenvalue weighted by molar-refractivity contribution is 6.44. The van der Waals surface area contributed by atoms with Gasteiger partial charge in [-0.05, 0) is 29.8 Å². The van der Waals surface area contributed by atoms with Gasteiger partial charge in [0, 0.05) is 11.8 Å². The van der Waals surface area contributed by atoms with E-state index in [4.69, 9.17) is 39.9 Å². The van der Waals surface area contributed by atoms with Crippen LogP contribution in [0.2, 0.25) is 15.1 Å². The minimum Gasteiger partial charge on any atom is -0.481 e. The average molecular weight is 317 g/mol. The van der Waals surface area contributed by atoms with Crippen LogP contribution in [0.4, 0.5) is 0 Å². The average Bonchev–Trinajstić information content (AvgIpc) is 2.33. The zero-order valence-electron chi connectivity index (χ0n) is 9.53. The van der Waals surface area contributed by atoms with Crippen molar-refractivity contribution in [2.75, 3.05) is 0 Å². The molecule has 0 amide bonds. The van der Waals surface area contributed by atoms with E-state index in [9.17, 15) is 4.79 Å². The van der Waals surface area contributed by atoms with Crippen LogP contribution in [0.15, 0.2) is 30.5 Å². The van der Waals surface area contributed by atoms with Crippen molar-refractivity contribution in [2.45, 2.75) is 6.42 Å². The highest BCUT2D eigenvalue weighted by atomic mass is 35.5. The zero-order chi connectivity index (χ0) is 14.0. The van der Waals surface area contributed by atoms with Gasteiger partial charge in [-0.25, -0.2) is 0 Å². The molecular formula is C13H8Cl3NO2. The van der Waals surface area contributed by atoms with E-state index in [1.54, 1.807) is 18.2 Å². The van der Waals surface area contributed by atoms with E-state index in [2.05, 4.69) is 4.98 Å². The maximum Gasteiger partial charge on any atom is 0.307 e. The van der Waals surface area contributed by atoms with E-state index in [0.717, 1.165) is 0 Å². The smallest absolute Gasteiger partial charge is 0.307 e. The molecule has 0 saturated carbocycles. The number of halogens is 3. The van der Waals surface area contributed by atoms with E-state index < -0.39 is 5.97 Å². The molecule has 0 aliphatic rings. The van der Waals surface area contributed by atoms with Crippen molar-refractivity contribution < 1.29 is 9.90 Å². The van der Waals surface area contributed by atoms with Crippen LogP contribution in [0.5, 0.6) is 0 Å². The lowest BCUT2D eigenvalue weighted by Gasteiger charge is -2.07. The number of rotatable bonds is 3. The van der Waals surface area contributed by atoms with Crippen LogP contribution in [-0.2, 0) is 11.2 Å². The molecule has 19 heavy (non-hydrogen) atoms. The normalized spacial score (nSPS) is 10.5. The first-order valence-corrected chi connectivity index (χ1v) is 6.42. The molecule has 2 aromatic rings. The SMILES string of the molecule is O=C(O)Cc1ccnc(-c2cc(Cl)c(Cl)cc2Cl)c1. The van der Waals surface area contributed by atoms with Crippen LogP contribution in [0.3, 0.4) is 0 Å². The van der Waals surface area contributed by atoms with E-state index in [-0.39, 0.29) is 6.42 Å². The first-order chi connectivity index (χ1) is 8.97. The monoisotopic (exact) mass is 315 g/mol. The molecule has 1 N–H and O–H groups in total. The lowest BCUT2D eigenvalue weighted by atomic mass is 10.1. The Morgan fingerprint density at radius 2 is 1.79 bits per heavy atom. The van der Waals surface area contributed by atoms with Crippen LogP contribution in [0.25, 0.3) is 11.3 Å². The third-order valence-electron chi connectivity index (χ3n) is 2.47. The summed E-state index contributed by atoms with van der Waals surface area (Å²) < 4.78 is 0. The van der Waals surface area contributed by atoms with Gasteiger partial charge in [0.05, 0.1) is 27.2 Å². The molecular weight excluding hydrogens is 309 g/mol. The predicted octanol–water partition coefficient (Wildman–Crippen LogP) is 4.34. The molecule has 3 nitrogen and oxygen atoms in total. The second kappa shape index (κ2) is 5.78. The van der Waals surface area contributed by atoms with Gasteiger partial charge in [0.1, 0.15) is 0 Å². The van der Waals surface area contributed by atoms with Crippen LogP contribution in [-0.4, -0.2) is 16.1 Å². The molecule has 1 aromatic heterocycles. The Morgan fingerprint density at radius 3 is 2.47 bits per heavy atom. The third kappa shape index (κ3) is 3.38. The minimum absolute atomic E-state index is 0.0749. The fraction of sp³-hybridized carbons (Fsp3) is 0.0769. The van der Waals surface area contributed by atoms with Gasteiger partial charge in [0.15, 0.2) is 0 Å². The highest BCUT2D eigenvalue weighted by Crippen LogP contribution is 2.34. The summed E-state index contributed by atoms with van der Waals surface area (Å²) in [4.78, 5) is 14.9. The van der Waals surface area contributed by atoms with Gasteiger partial charge < -0.3 is 5.11 Å². The lowest BCUT2D eigenvalue weighted by Crippen LogP contribution is -2.00. The Hall–Kier alpha value is -1.29. The van der Waals surface area contributed by atoms with Gasteiger partial charge in [-0.2, -0.15) is 0 Å². The van der Waals surface area contributed by atoms with Crippen molar-refractivity contribution in [3.63, 3.8) is 0 Å². The summed E-state index contributed by atoms with van der Waals surface area (Å²) >= 11 is 17.9. The first kappa shape index (κ1) is 14.1. The molecule has 6 heteroatoms. The molecule has 0 bridgehead atoms. The van der Waals surface area contributed by atoms with Crippen molar-refractivity contribution in [2.24, 2.45) is 0 Å². The van der Waals surface area contributed by atoms with Crippen molar-refractivity contribution >= 4 is 40.8 Å². The number of aromatic nitrogens is 1. The van der Waals surface area contributed by atoms with E-state index in [1.807, 2.05) is 0 Å². The van der Waals surface area contributed by atoms with E-state index >= 15 is 0 Å². The number of carboxylic acids is 1. The molecule has 0 atom stereocenters. The molecule has 1 aromatic carbocycles. The number of aliphatic carboxylic acids is 1. The Bertz CT molecular complexity index is 644. The first-order valence-electron chi connectivity index (χ1n) is 5.29. The summed E-state index contributed by atoms with van der Waals surface area (Å²) in [5.41, 5.74) is 1.81. The van der Waals surface area contributed by atoms with E-state index in [0.29, 0.717) is 31.9 Å². The largest absolute Gasteiger partial charge is 0.481 e. The van der Waals surface area contributed by atoms with Crippen LogP contribution < -0.4 is 0 Å². The minimum atomic E-state index is -0.905. The molecule has 0 saturated heterocycles. The molecule has 0 aliphatic heterocycles. The highest BCUT2D eigenvalue weighted by Gasteiger charge is 2.10. The molecule has 98 valence electrons. The predicted molar refractivity (Wildman–Crippen MR) is 76.0 cm³/mol. The lowest BCUT2D eigenvalue weighted by molar-refractivity contribution is -0.136. The van der Waals surface area contributed by atoms with Gasteiger partial charge in [-0.15, -0.1) is 0 Å². The van der Waals surface area contributed by atoms with Crippen LogP contribution >= 0.6 is 34.8 Å². The third-order valence-corrected chi connectivity index (χ3v) is 3.50. The Labute approximate surface area is 124 Å². The molecule has 1 heterocycles. The number of benzene rings is 1. The molecule has 2 rings (SSSR count). The maximum atomic E-state index is 10.7. The summed E-state index contributed by atoms with van der Waals surface area (Å²) in [5, 5.41) is 9.92. The molecule has 0 fully saturated rings. The number of carboxylic acid groups (broad SMARTS) is 1. The van der Waals surface area contributed by atoms with Gasteiger partial charge in [-0.1, -0.05) is 34.8 Å². The number of carbonyl (C=O) groups is 1. The maximum absolute atomic E-state index is 10.7. The van der Waals surface area contributed by atoms with Crippen molar-refractivity contribution in [1.82, 2.24) is 4.98 Å². The fourth-order valence-electron chi connectivity index (χ4n) is 1.63. The van der Waals surface area contributed by atoms with Gasteiger partial charge >= 0.3 is 5.97 Å². The molecule has 0 unspecified atom stereocenters. The second-order valence-electron chi connectivity index (χ2n) is 3.87. The van der Waals surface area contributed by atoms with Gasteiger partial charge in [-0.3, -0.25) is 9.78 Å². The van der Waals surface area contributed by atoms with Gasteiger partial charge in [0.25, 0.3) is 0 Å². The van der Waals surface area contributed by atoms with Gasteiger partial charge in [0.2, 0.25) is 0 Å². The summed E-state index contributed by atoms with van der Waals surface area (Å²) in [6.45, 7) is 0. The van der Waals surface area contributed by atoms with Crippen molar-refractivity contribution in [1.29, 1.82) is 0 Å². The fourth-order valence-corrected chi connectivity index (χ4v) is 2.27. The summed E-state index contributed by atoms with van der Waals surface area (Å²) in [5.74, 6) is -0.905. The molecule has 0 radical (unpaired) electrons. The topological polar surface area (TPSA) is 50.2 Å². The Morgan fingerprint density at radius 1 is 1.11 bits per heavy atom. The number of hydrogen-bond donors (Lipinski definition) is 1. The quantitative estimate of drug-likeness (QED) is 0.857. The van der Waals surface area contributed by atoms with Crippen molar-refractivity contribution in [3.8, 4) is 11.3 Å². The molecule has 0 aliphatic carbocycles. The summed E-state index contributed by atoms with van der Waals surface area (Å²) in [6, 6.07) is 6.45. The van der Waals surface area contributed by atoms with Crippen molar-refractivity contribution in [3.05, 3.63) is 51.1 Å². The second-order valence-corrected chi connectivity index (χ2v) is 5.09. The zero-order valence-corrected chi connectivity index (χ0v) is 11.8. The Balaban J connectivity index is 2.47. The number of hydrogen-bond acceptors (Lipinski definition) is 2. The summed E-state index contributed by atoms with van der Waals surface area (Å²) in [6.07, 6.45) is 1.46. The number of nitrogens with zero attached hydrogens (tertiary/aromatic N) is 1. The summed E-state index contributed by atoms with van der Waals surface area (Å²) in [7, 11) is 0. The van der Waals surface area contributed by atoms with Crippen LogP contribution in [0.1, 0.15) is 5.56 Å². The van der Waals surface area contributed by atoms with Crippen LogP contribution in [0, 0.1) is 0 Å². The standard InChI is InChI=1S/C13H8Cl3NO2/c14-9-6-11(16)10(15)5-8(9)12-3-7(1-2-17-12)4-13(18)19/h1-3,5-6H,4H2,(H,18,19). The molecule has 0 spiro atoms. The Kier molecular flexibility index (Phi) is 4.30.